The van der Waals surface area contributed by atoms with Crippen molar-refractivity contribution < 1.29 is 0 Å². The predicted octanol–water partition coefficient (Wildman–Crippen LogP) is 1.45. The van der Waals surface area contributed by atoms with Crippen LogP contribution in [0.1, 0.15) is 29.8 Å². The van der Waals surface area contributed by atoms with Crippen LogP contribution in [0.2, 0.25) is 0 Å². The summed E-state index contributed by atoms with van der Waals surface area (Å²) in [4.78, 5) is 10.9. The Bertz CT molecular complexity index is 446. The fourth-order valence-corrected chi connectivity index (χ4v) is 4.73. The summed E-state index contributed by atoms with van der Waals surface area (Å²) in [6.45, 7) is 6.33. The molecule has 1 aromatic rings. The van der Waals surface area contributed by atoms with Crippen molar-refractivity contribution in [3.63, 3.8) is 0 Å². The molecule has 106 valence electrons. The summed E-state index contributed by atoms with van der Waals surface area (Å²) < 4.78 is 0. The van der Waals surface area contributed by atoms with Crippen LogP contribution in [0.4, 0.5) is 0 Å². The third kappa shape index (κ3) is 2.13. The van der Waals surface area contributed by atoms with Gasteiger partial charge in [0.25, 0.3) is 0 Å². The van der Waals surface area contributed by atoms with E-state index in [-0.39, 0.29) is 5.54 Å². The lowest BCUT2D eigenvalue weighted by Gasteiger charge is -2.42. The van der Waals surface area contributed by atoms with Crippen LogP contribution in [-0.4, -0.2) is 53.0 Å². The van der Waals surface area contributed by atoms with E-state index in [1.165, 1.54) is 42.9 Å². The van der Waals surface area contributed by atoms with Crippen molar-refractivity contribution in [1.82, 2.24) is 14.8 Å². The highest BCUT2D eigenvalue weighted by Gasteiger charge is 2.50. The first-order valence-corrected chi connectivity index (χ1v) is 8.09. The topological polar surface area (TPSA) is 45.4 Å². The van der Waals surface area contributed by atoms with E-state index in [9.17, 15) is 0 Å². The van der Waals surface area contributed by atoms with Crippen molar-refractivity contribution in [2.45, 2.75) is 44.3 Å². The molecule has 2 unspecified atom stereocenters. The Kier molecular flexibility index (Phi) is 3.64. The monoisotopic (exact) mass is 280 g/mol. The van der Waals surface area contributed by atoms with E-state index in [0.717, 1.165) is 13.1 Å². The number of hydrogen-bond donors (Lipinski definition) is 1. The minimum absolute atomic E-state index is 0.174. The third-order valence-electron chi connectivity index (χ3n) is 5.16. The molecule has 3 heterocycles. The Hall–Kier alpha value is -0.490. The molecular weight excluding hydrogens is 256 g/mol. The molecule has 2 saturated heterocycles. The van der Waals surface area contributed by atoms with Gasteiger partial charge in [0.1, 0.15) is 0 Å². The first-order valence-electron chi connectivity index (χ1n) is 7.22. The largest absolute Gasteiger partial charge is 0.329 e. The smallest absolute Gasteiger partial charge is 0.0798 e. The number of aromatic nitrogens is 1. The van der Waals surface area contributed by atoms with Gasteiger partial charge in [0, 0.05) is 36.1 Å². The second kappa shape index (κ2) is 5.13. The highest BCUT2D eigenvalue weighted by atomic mass is 32.1. The Balaban J connectivity index is 1.80. The number of nitrogens with two attached hydrogens (primary N) is 1. The number of rotatable bonds is 4. The van der Waals surface area contributed by atoms with E-state index < -0.39 is 0 Å². The van der Waals surface area contributed by atoms with Crippen molar-refractivity contribution in [3.8, 4) is 0 Å². The molecule has 2 N–H and O–H groups in total. The van der Waals surface area contributed by atoms with Gasteiger partial charge in [-0.3, -0.25) is 9.80 Å². The summed E-state index contributed by atoms with van der Waals surface area (Å²) in [5, 5.41) is 0. The maximum atomic E-state index is 6.21. The molecule has 0 saturated carbocycles. The van der Waals surface area contributed by atoms with E-state index in [2.05, 4.69) is 28.8 Å². The zero-order valence-electron chi connectivity index (χ0n) is 11.9. The van der Waals surface area contributed by atoms with Gasteiger partial charge in [0.05, 0.1) is 11.2 Å². The standard InChI is InChI=1S/C14H24N4S/c1-11-12(19-10-16-11)8-17(2)14(9-15)5-7-18-6-3-4-13(14)18/h10,13H,3-9,15H2,1-2H3. The molecular formula is C14H24N4S. The van der Waals surface area contributed by atoms with Crippen LogP contribution in [0.25, 0.3) is 0 Å². The van der Waals surface area contributed by atoms with Gasteiger partial charge < -0.3 is 5.73 Å². The van der Waals surface area contributed by atoms with E-state index in [1.54, 1.807) is 11.3 Å². The molecule has 2 aliphatic rings. The van der Waals surface area contributed by atoms with Crippen molar-refractivity contribution in [2.24, 2.45) is 5.73 Å². The molecule has 19 heavy (non-hydrogen) atoms. The SMILES string of the molecule is Cc1ncsc1CN(C)C1(CN)CCN2CCCC21. The second-order valence-corrected chi connectivity index (χ2v) is 6.91. The predicted molar refractivity (Wildman–Crippen MR) is 79.3 cm³/mol. The molecule has 1 aromatic heterocycles. The summed E-state index contributed by atoms with van der Waals surface area (Å²) in [6.07, 6.45) is 3.85. The number of thiazole rings is 1. The Labute approximate surface area is 119 Å². The van der Waals surface area contributed by atoms with Gasteiger partial charge in [0.2, 0.25) is 0 Å². The Morgan fingerprint density at radius 2 is 2.42 bits per heavy atom. The van der Waals surface area contributed by atoms with Crippen molar-refractivity contribution in [3.05, 3.63) is 16.1 Å². The van der Waals surface area contributed by atoms with Crippen LogP contribution in [0.15, 0.2) is 5.51 Å². The molecule has 0 aromatic carbocycles. The molecule has 0 amide bonds. The lowest BCUT2D eigenvalue weighted by molar-refractivity contribution is 0.0848. The minimum Gasteiger partial charge on any atom is -0.329 e. The van der Waals surface area contributed by atoms with Crippen LogP contribution >= 0.6 is 11.3 Å². The molecule has 5 heteroatoms. The number of nitrogens with zero attached hydrogens (tertiary/aromatic N) is 3. The van der Waals surface area contributed by atoms with E-state index >= 15 is 0 Å². The van der Waals surface area contributed by atoms with Gasteiger partial charge >= 0.3 is 0 Å². The quantitative estimate of drug-likeness (QED) is 0.907. The van der Waals surface area contributed by atoms with Gasteiger partial charge in [-0.05, 0) is 39.8 Å². The fraction of sp³-hybridized carbons (Fsp3) is 0.786. The number of fused-ring (bicyclic) bond motifs is 1. The van der Waals surface area contributed by atoms with Crippen LogP contribution in [0.5, 0.6) is 0 Å². The van der Waals surface area contributed by atoms with Crippen LogP contribution < -0.4 is 5.73 Å². The minimum atomic E-state index is 0.174. The molecule has 0 radical (unpaired) electrons. The molecule has 2 atom stereocenters. The average molecular weight is 280 g/mol. The van der Waals surface area contributed by atoms with E-state index in [4.69, 9.17) is 5.73 Å². The first kappa shape index (κ1) is 13.5. The van der Waals surface area contributed by atoms with Crippen LogP contribution in [0, 0.1) is 6.92 Å². The first-order chi connectivity index (χ1) is 9.17. The summed E-state index contributed by atoms with van der Waals surface area (Å²) in [5.74, 6) is 0. The van der Waals surface area contributed by atoms with Gasteiger partial charge in [0.15, 0.2) is 0 Å². The summed E-state index contributed by atoms with van der Waals surface area (Å²) in [7, 11) is 2.24. The maximum absolute atomic E-state index is 6.21. The van der Waals surface area contributed by atoms with Gasteiger partial charge in [-0.25, -0.2) is 4.98 Å². The van der Waals surface area contributed by atoms with Gasteiger partial charge in [-0.2, -0.15) is 0 Å². The summed E-state index contributed by atoms with van der Waals surface area (Å²) in [6, 6.07) is 0.663. The summed E-state index contributed by atoms with van der Waals surface area (Å²) in [5.41, 5.74) is 9.51. The Morgan fingerprint density at radius 3 is 3.11 bits per heavy atom. The molecule has 0 bridgehead atoms. The zero-order chi connectivity index (χ0) is 13.5. The zero-order valence-corrected chi connectivity index (χ0v) is 12.7. The molecule has 0 spiro atoms. The number of hydrogen-bond acceptors (Lipinski definition) is 5. The molecule has 0 aliphatic carbocycles. The highest BCUT2D eigenvalue weighted by molar-refractivity contribution is 7.09. The second-order valence-electron chi connectivity index (χ2n) is 5.97. The van der Waals surface area contributed by atoms with E-state index in [1.807, 2.05) is 5.51 Å². The van der Waals surface area contributed by atoms with Gasteiger partial charge in [-0.1, -0.05) is 0 Å². The van der Waals surface area contributed by atoms with Crippen molar-refractivity contribution in [1.29, 1.82) is 0 Å². The fourth-order valence-electron chi connectivity index (χ4n) is 3.90. The third-order valence-corrected chi connectivity index (χ3v) is 6.08. The van der Waals surface area contributed by atoms with Crippen LogP contribution in [-0.2, 0) is 6.54 Å². The summed E-state index contributed by atoms with van der Waals surface area (Å²) >= 11 is 1.76. The molecule has 3 rings (SSSR count). The molecule has 4 nitrogen and oxygen atoms in total. The van der Waals surface area contributed by atoms with Gasteiger partial charge in [-0.15, -0.1) is 11.3 Å². The normalized spacial score (nSPS) is 31.3. The Morgan fingerprint density at radius 1 is 1.58 bits per heavy atom. The number of aryl methyl sites for hydroxylation is 1. The molecule has 2 aliphatic heterocycles. The molecule has 2 fully saturated rings. The lowest BCUT2D eigenvalue weighted by Crippen LogP contribution is -2.58. The number of likely N-dealkylation sites (N-methyl/N-ethyl adjacent to an activating group) is 1. The van der Waals surface area contributed by atoms with Crippen LogP contribution in [0.3, 0.4) is 0 Å². The average Bonchev–Trinajstić information content (AvgIpc) is 3.07. The maximum Gasteiger partial charge on any atom is 0.0798 e. The van der Waals surface area contributed by atoms with E-state index in [0.29, 0.717) is 6.04 Å². The lowest BCUT2D eigenvalue weighted by atomic mass is 9.87. The van der Waals surface area contributed by atoms with Crippen molar-refractivity contribution >= 4 is 11.3 Å². The van der Waals surface area contributed by atoms with Crippen molar-refractivity contribution in [2.75, 3.05) is 26.7 Å². The highest BCUT2D eigenvalue weighted by Crippen LogP contribution is 2.39.